The van der Waals surface area contributed by atoms with E-state index in [1.807, 2.05) is 18.2 Å². The normalized spacial score (nSPS) is 18.4. The molecule has 55 heavy (non-hydrogen) atoms. The lowest BCUT2D eigenvalue weighted by atomic mass is 9.73. The molecule has 8 aromatic rings. The Hall–Kier alpha value is -6.66. The molecule has 0 N–H and O–H groups in total. The van der Waals surface area contributed by atoms with Crippen molar-refractivity contribution < 1.29 is 4.42 Å². The van der Waals surface area contributed by atoms with Crippen molar-refractivity contribution in [1.82, 2.24) is 24.5 Å². The molecule has 0 fully saturated rings. The Bertz CT molecular complexity index is 2960. The van der Waals surface area contributed by atoms with Crippen LogP contribution in [0.25, 0.3) is 72.5 Å². The van der Waals surface area contributed by atoms with Crippen LogP contribution in [0.2, 0.25) is 0 Å². The molecule has 3 heterocycles. The zero-order valence-electron chi connectivity index (χ0n) is 30.6. The molecule has 264 valence electrons. The molecule has 2 unspecified atom stereocenters. The first kappa shape index (κ1) is 31.8. The molecule has 0 radical (unpaired) electrons. The van der Waals surface area contributed by atoms with Gasteiger partial charge in [0.05, 0.1) is 11.0 Å². The zero-order valence-corrected chi connectivity index (χ0v) is 30.6. The van der Waals surface area contributed by atoms with Gasteiger partial charge in [-0.05, 0) is 89.4 Å². The number of hydrogen-bond donors (Lipinski definition) is 0. The van der Waals surface area contributed by atoms with Crippen molar-refractivity contribution >= 4 is 44.1 Å². The van der Waals surface area contributed by atoms with Crippen molar-refractivity contribution in [3.8, 4) is 28.5 Å². The SMILES string of the molecule is CC1(C)c2ccc3ncoc3c2C2C=CC(c3ccc4c(c3)c3cc(-c5nc(C6=CCCC=C6)nc(-c6ccccc6)n5)ccc3n4-c3ccccc3)=CC21. The lowest BCUT2D eigenvalue weighted by Crippen LogP contribution is -2.25. The summed E-state index contributed by atoms with van der Waals surface area (Å²) in [6.45, 7) is 4.72. The molecular weight excluding hydrogens is 675 g/mol. The highest BCUT2D eigenvalue weighted by Gasteiger charge is 2.46. The maximum Gasteiger partial charge on any atom is 0.181 e. The summed E-state index contributed by atoms with van der Waals surface area (Å²) in [6, 6.07) is 38.7. The molecule has 0 aliphatic heterocycles. The Balaban J connectivity index is 1.07. The van der Waals surface area contributed by atoms with Gasteiger partial charge in [-0.1, -0.05) is 111 Å². The summed E-state index contributed by atoms with van der Waals surface area (Å²) in [5.41, 5.74) is 13.2. The van der Waals surface area contributed by atoms with Gasteiger partial charge in [0.15, 0.2) is 29.4 Å². The van der Waals surface area contributed by atoms with Gasteiger partial charge in [-0.25, -0.2) is 19.9 Å². The number of fused-ring (bicyclic) bond motifs is 8. The Labute approximate surface area is 318 Å². The molecule has 0 bridgehead atoms. The van der Waals surface area contributed by atoms with Crippen molar-refractivity contribution in [2.24, 2.45) is 5.92 Å². The molecule has 0 amide bonds. The van der Waals surface area contributed by atoms with Crippen molar-refractivity contribution in [2.75, 3.05) is 0 Å². The van der Waals surface area contributed by atoms with Crippen LogP contribution in [0, 0.1) is 5.92 Å². The fourth-order valence-electron chi connectivity index (χ4n) is 9.15. The summed E-state index contributed by atoms with van der Waals surface area (Å²) in [6.07, 6.45) is 17.3. The summed E-state index contributed by atoms with van der Waals surface area (Å²) in [5, 5.41) is 2.33. The van der Waals surface area contributed by atoms with Gasteiger partial charge in [0, 0.05) is 44.6 Å². The van der Waals surface area contributed by atoms with Crippen molar-refractivity contribution in [2.45, 2.75) is 38.0 Å². The Morgan fingerprint density at radius 2 is 1.38 bits per heavy atom. The van der Waals surface area contributed by atoms with E-state index in [0.29, 0.717) is 17.5 Å². The molecule has 3 aliphatic carbocycles. The molecule has 0 saturated heterocycles. The second-order valence-corrected chi connectivity index (χ2v) is 15.4. The van der Waals surface area contributed by atoms with Crippen LogP contribution in [-0.2, 0) is 5.41 Å². The molecule has 3 aromatic heterocycles. The van der Waals surface area contributed by atoms with E-state index < -0.39 is 0 Å². The van der Waals surface area contributed by atoms with E-state index in [-0.39, 0.29) is 17.3 Å². The molecule has 0 saturated carbocycles. The van der Waals surface area contributed by atoms with E-state index in [0.717, 1.165) is 62.7 Å². The highest BCUT2D eigenvalue weighted by atomic mass is 16.3. The summed E-state index contributed by atoms with van der Waals surface area (Å²) in [5.74, 6) is 2.56. The molecule has 0 spiro atoms. The Morgan fingerprint density at radius 1 is 0.673 bits per heavy atom. The van der Waals surface area contributed by atoms with Crippen LogP contribution in [0.15, 0.2) is 156 Å². The van der Waals surface area contributed by atoms with E-state index in [1.165, 1.54) is 27.6 Å². The average Bonchev–Trinajstić information content (AvgIpc) is 3.92. The minimum atomic E-state index is -0.0647. The summed E-state index contributed by atoms with van der Waals surface area (Å²) < 4.78 is 8.33. The molecule has 11 rings (SSSR count). The minimum absolute atomic E-state index is 0.0647. The largest absolute Gasteiger partial charge is 0.443 e. The first-order valence-electron chi connectivity index (χ1n) is 19.1. The van der Waals surface area contributed by atoms with Gasteiger partial charge < -0.3 is 8.98 Å². The lowest BCUT2D eigenvalue weighted by Gasteiger charge is -2.31. The van der Waals surface area contributed by atoms with Crippen molar-refractivity contribution in [3.05, 3.63) is 175 Å². The smallest absolute Gasteiger partial charge is 0.181 e. The number of hydrogen-bond acceptors (Lipinski definition) is 5. The fourth-order valence-corrected chi connectivity index (χ4v) is 9.15. The van der Waals surface area contributed by atoms with Gasteiger partial charge in [-0.3, -0.25) is 0 Å². The number of allylic oxidation sites excluding steroid dienone is 8. The topological polar surface area (TPSA) is 69.6 Å². The van der Waals surface area contributed by atoms with Crippen molar-refractivity contribution in [3.63, 3.8) is 0 Å². The second kappa shape index (κ2) is 12.2. The van der Waals surface area contributed by atoms with Crippen LogP contribution in [0.4, 0.5) is 0 Å². The number of oxazole rings is 1. The first-order chi connectivity index (χ1) is 27.0. The Kier molecular flexibility index (Phi) is 7.05. The van der Waals surface area contributed by atoms with Crippen LogP contribution in [0.1, 0.15) is 55.1 Å². The summed E-state index contributed by atoms with van der Waals surface area (Å²) >= 11 is 0. The third kappa shape index (κ3) is 5.01. The highest BCUT2D eigenvalue weighted by molar-refractivity contribution is 6.11. The number of benzene rings is 5. The van der Waals surface area contributed by atoms with Gasteiger partial charge in [-0.15, -0.1) is 0 Å². The molecule has 2 atom stereocenters. The van der Waals surface area contributed by atoms with E-state index in [4.69, 9.17) is 19.4 Å². The molecular formula is C49H37N5O. The van der Waals surface area contributed by atoms with Gasteiger partial charge in [0.2, 0.25) is 0 Å². The predicted octanol–water partition coefficient (Wildman–Crippen LogP) is 11.8. The van der Waals surface area contributed by atoms with Crippen LogP contribution >= 0.6 is 0 Å². The quantitative estimate of drug-likeness (QED) is 0.178. The maximum atomic E-state index is 5.96. The first-order valence-corrected chi connectivity index (χ1v) is 19.1. The van der Waals surface area contributed by atoms with Crippen LogP contribution in [-0.4, -0.2) is 24.5 Å². The van der Waals surface area contributed by atoms with Gasteiger partial charge in [-0.2, -0.15) is 0 Å². The number of para-hydroxylation sites is 1. The van der Waals surface area contributed by atoms with E-state index >= 15 is 0 Å². The molecule has 6 nitrogen and oxygen atoms in total. The van der Waals surface area contributed by atoms with Crippen molar-refractivity contribution in [1.29, 1.82) is 0 Å². The Morgan fingerprint density at radius 3 is 2.15 bits per heavy atom. The summed E-state index contributed by atoms with van der Waals surface area (Å²) in [7, 11) is 0. The van der Waals surface area contributed by atoms with Crippen LogP contribution < -0.4 is 0 Å². The minimum Gasteiger partial charge on any atom is -0.443 e. The zero-order chi connectivity index (χ0) is 36.7. The number of aromatic nitrogens is 5. The number of rotatable bonds is 5. The van der Waals surface area contributed by atoms with Crippen LogP contribution in [0.5, 0.6) is 0 Å². The lowest BCUT2D eigenvalue weighted by molar-refractivity contribution is 0.395. The molecule has 5 aromatic carbocycles. The number of nitrogens with zero attached hydrogens (tertiary/aromatic N) is 5. The summed E-state index contributed by atoms with van der Waals surface area (Å²) in [4.78, 5) is 19.6. The fraction of sp³-hybridized carbons (Fsp3) is 0.143. The third-order valence-electron chi connectivity index (χ3n) is 11.9. The van der Waals surface area contributed by atoms with E-state index in [2.05, 4.69) is 151 Å². The van der Waals surface area contributed by atoms with E-state index in [9.17, 15) is 0 Å². The van der Waals surface area contributed by atoms with Gasteiger partial charge >= 0.3 is 0 Å². The second-order valence-electron chi connectivity index (χ2n) is 15.4. The standard InChI is InChI=1S/C49H37N5O/c1-49(2)39-22-23-41-45(55-29-50-41)44(39)36-21-18-33(28-40(36)49)32-19-24-42-37(26-32)38-27-34(20-25-43(38)54(42)35-16-10-5-11-17-35)48-52-46(30-12-6-3-7-13-30)51-47(53-48)31-14-8-4-9-15-31/h3,5-8,10-29,36,40H,4,9H2,1-2H3. The molecule has 3 aliphatic rings. The monoisotopic (exact) mass is 711 g/mol. The van der Waals surface area contributed by atoms with Crippen LogP contribution in [0.3, 0.4) is 0 Å². The highest BCUT2D eigenvalue weighted by Crippen LogP contribution is 2.56. The molecule has 6 heteroatoms. The van der Waals surface area contributed by atoms with Gasteiger partial charge in [0.1, 0.15) is 5.52 Å². The maximum absolute atomic E-state index is 5.96. The average molecular weight is 712 g/mol. The van der Waals surface area contributed by atoms with E-state index in [1.54, 1.807) is 6.39 Å². The third-order valence-corrected chi connectivity index (χ3v) is 11.9. The van der Waals surface area contributed by atoms with Gasteiger partial charge in [0.25, 0.3) is 0 Å². The predicted molar refractivity (Wildman–Crippen MR) is 222 cm³/mol.